The molecule has 1 aliphatic rings. The molecule has 2 heterocycles. The van der Waals surface area contributed by atoms with E-state index in [4.69, 9.17) is 11.6 Å². The zero-order valence-corrected chi connectivity index (χ0v) is 13.5. The Balaban J connectivity index is 2.07. The first kappa shape index (κ1) is 16.7. The van der Waals surface area contributed by atoms with Crippen LogP contribution in [-0.4, -0.2) is 40.3 Å². The Hall–Kier alpha value is -1.69. The summed E-state index contributed by atoms with van der Waals surface area (Å²) in [7, 11) is 0. The molecule has 0 saturated heterocycles. The first-order chi connectivity index (χ1) is 10.6. The smallest absolute Gasteiger partial charge is 0.260 e. The molecule has 0 amide bonds. The second-order valence-electron chi connectivity index (χ2n) is 5.63. The van der Waals surface area contributed by atoms with Gasteiger partial charge in [-0.05, 0) is 24.0 Å². The average Bonchev–Trinajstić information content (AvgIpc) is 2.49. The van der Waals surface area contributed by atoms with Crippen molar-refractivity contribution in [2.75, 3.05) is 19.6 Å². The van der Waals surface area contributed by atoms with Crippen LogP contribution >= 0.6 is 11.6 Å². The molecule has 0 radical (unpaired) electrons. The minimum Gasteiger partial charge on any atom is -0.350 e. The molecule has 0 aliphatic carbocycles. The normalized spacial score (nSPS) is 18.2. The number of hydrogen-bond donors (Lipinski definition) is 0. The van der Waals surface area contributed by atoms with E-state index >= 15 is 0 Å². The summed E-state index contributed by atoms with van der Waals surface area (Å²) in [5, 5.41) is 11.3. The lowest BCUT2D eigenvalue weighted by atomic mass is 9.99. The number of aliphatic imine (C=N–C) groups is 1. The van der Waals surface area contributed by atoms with Gasteiger partial charge in [0.1, 0.15) is 5.15 Å². The Morgan fingerprint density at radius 1 is 1.50 bits per heavy atom. The molecule has 6 nitrogen and oxygen atoms in total. The van der Waals surface area contributed by atoms with E-state index < -0.39 is 0 Å². The van der Waals surface area contributed by atoms with Crippen molar-refractivity contribution in [3.63, 3.8) is 0 Å². The van der Waals surface area contributed by atoms with Gasteiger partial charge in [0.15, 0.2) is 5.84 Å². The fourth-order valence-corrected chi connectivity index (χ4v) is 2.74. The van der Waals surface area contributed by atoms with Crippen LogP contribution in [0.4, 0.5) is 0 Å². The molecule has 1 aromatic heterocycles. The van der Waals surface area contributed by atoms with Crippen molar-refractivity contribution >= 4 is 17.4 Å². The molecule has 120 valence electrons. The highest BCUT2D eigenvalue weighted by atomic mass is 35.5. The number of amidine groups is 1. The minimum atomic E-state index is -0.321. The van der Waals surface area contributed by atoms with E-state index in [1.807, 2.05) is 11.0 Å². The Labute approximate surface area is 135 Å². The van der Waals surface area contributed by atoms with Crippen LogP contribution in [0.3, 0.4) is 0 Å². The third-order valence-corrected chi connectivity index (χ3v) is 4.00. The number of nitro groups is 1. The summed E-state index contributed by atoms with van der Waals surface area (Å²) in [5.74, 6) is 1.03. The lowest BCUT2D eigenvalue weighted by Gasteiger charge is -2.32. The molecule has 7 heteroatoms. The molecular weight excluding hydrogens is 304 g/mol. The van der Waals surface area contributed by atoms with Crippen molar-refractivity contribution in [1.29, 1.82) is 0 Å². The summed E-state index contributed by atoms with van der Waals surface area (Å²) in [6, 6.07) is 3.63. The summed E-state index contributed by atoms with van der Waals surface area (Å²) in [6.07, 6.45) is 5.15. The summed E-state index contributed by atoms with van der Waals surface area (Å²) in [5.41, 5.74) is 0.983. The molecule has 22 heavy (non-hydrogen) atoms. The molecule has 0 spiro atoms. The predicted octanol–water partition coefficient (Wildman–Crippen LogP) is 3.03. The van der Waals surface area contributed by atoms with Crippen molar-refractivity contribution in [3.8, 4) is 0 Å². The molecule has 0 saturated carbocycles. The van der Waals surface area contributed by atoms with E-state index in [1.54, 1.807) is 12.3 Å². The maximum atomic E-state index is 10.8. The predicted molar refractivity (Wildman–Crippen MR) is 86.8 cm³/mol. The van der Waals surface area contributed by atoms with Gasteiger partial charge in [0.05, 0.1) is 0 Å². The highest BCUT2D eigenvalue weighted by Gasteiger charge is 2.25. The third-order valence-electron chi connectivity index (χ3n) is 3.77. The SMILES string of the molecule is CCCCC1CN=C(C[N+](=O)[O-])N(Cc2ccc(Cl)nc2)C1. The molecule has 1 atom stereocenters. The lowest BCUT2D eigenvalue weighted by molar-refractivity contribution is -0.464. The maximum absolute atomic E-state index is 10.8. The van der Waals surface area contributed by atoms with Gasteiger partial charge in [0, 0.05) is 30.8 Å². The Morgan fingerprint density at radius 2 is 2.32 bits per heavy atom. The van der Waals surface area contributed by atoms with Crippen molar-refractivity contribution in [1.82, 2.24) is 9.88 Å². The average molecular weight is 325 g/mol. The lowest BCUT2D eigenvalue weighted by Crippen LogP contribution is -2.43. The van der Waals surface area contributed by atoms with Gasteiger partial charge in [-0.1, -0.05) is 37.4 Å². The van der Waals surface area contributed by atoms with Crippen LogP contribution in [0, 0.1) is 16.0 Å². The van der Waals surface area contributed by atoms with E-state index in [0.717, 1.165) is 24.9 Å². The molecule has 0 bridgehead atoms. The fourth-order valence-electron chi connectivity index (χ4n) is 2.63. The van der Waals surface area contributed by atoms with Crippen molar-refractivity contribution in [2.24, 2.45) is 10.9 Å². The molecule has 1 unspecified atom stereocenters. The highest BCUT2D eigenvalue weighted by Crippen LogP contribution is 2.19. The Kier molecular flexibility index (Phi) is 6.12. The number of pyridine rings is 1. The second-order valence-corrected chi connectivity index (χ2v) is 6.01. The van der Waals surface area contributed by atoms with E-state index in [9.17, 15) is 10.1 Å². The van der Waals surface area contributed by atoms with E-state index in [0.29, 0.717) is 30.0 Å². The highest BCUT2D eigenvalue weighted by molar-refractivity contribution is 6.29. The minimum absolute atomic E-state index is 0.221. The number of halogens is 1. The first-order valence-corrected chi connectivity index (χ1v) is 7.96. The van der Waals surface area contributed by atoms with Crippen LogP contribution in [0.5, 0.6) is 0 Å². The summed E-state index contributed by atoms with van der Waals surface area (Å²) < 4.78 is 0. The van der Waals surface area contributed by atoms with Crippen LogP contribution in [-0.2, 0) is 6.54 Å². The number of nitrogens with zero attached hydrogens (tertiary/aromatic N) is 4. The van der Waals surface area contributed by atoms with Crippen LogP contribution in [0.2, 0.25) is 5.15 Å². The van der Waals surface area contributed by atoms with Gasteiger partial charge in [-0.2, -0.15) is 0 Å². The maximum Gasteiger partial charge on any atom is 0.260 e. The standard InChI is InChI=1S/C15H21ClN4O2/c1-2-3-4-12-8-18-15(11-20(21)22)19(9-12)10-13-5-6-14(16)17-7-13/h5-7,12H,2-4,8-11H2,1H3. The summed E-state index contributed by atoms with van der Waals surface area (Å²) in [6.45, 7) is 4.04. The topological polar surface area (TPSA) is 71.6 Å². The van der Waals surface area contributed by atoms with Gasteiger partial charge in [-0.3, -0.25) is 15.1 Å². The Morgan fingerprint density at radius 3 is 2.95 bits per heavy atom. The first-order valence-electron chi connectivity index (χ1n) is 7.59. The molecule has 0 aromatic carbocycles. The zero-order chi connectivity index (χ0) is 15.9. The van der Waals surface area contributed by atoms with Crippen molar-refractivity contribution in [3.05, 3.63) is 39.2 Å². The van der Waals surface area contributed by atoms with Crippen LogP contribution in [0.1, 0.15) is 31.7 Å². The summed E-state index contributed by atoms with van der Waals surface area (Å²) >= 11 is 5.79. The molecule has 0 N–H and O–H groups in total. The number of hydrogen-bond acceptors (Lipinski definition) is 5. The van der Waals surface area contributed by atoms with E-state index in [2.05, 4.69) is 16.9 Å². The van der Waals surface area contributed by atoms with Gasteiger partial charge in [-0.25, -0.2) is 4.98 Å². The zero-order valence-electron chi connectivity index (χ0n) is 12.7. The fraction of sp³-hybridized carbons (Fsp3) is 0.600. The quantitative estimate of drug-likeness (QED) is 0.439. The molecule has 1 aromatic rings. The molecule has 1 aliphatic heterocycles. The monoisotopic (exact) mass is 324 g/mol. The number of rotatable bonds is 7. The molecule has 2 rings (SSSR count). The van der Waals surface area contributed by atoms with Gasteiger partial charge in [-0.15, -0.1) is 0 Å². The van der Waals surface area contributed by atoms with Gasteiger partial charge >= 0.3 is 0 Å². The number of aromatic nitrogens is 1. The summed E-state index contributed by atoms with van der Waals surface area (Å²) in [4.78, 5) is 21.0. The van der Waals surface area contributed by atoms with Crippen molar-refractivity contribution in [2.45, 2.75) is 32.7 Å². The number of unbranched alkanes of at least 4 members (excludes halogenated alkanes) is 1. The molecule has 0 fully saturated rings. The van der Waals surface area contributed by atoms with E-state index in [-0.39, 0.29) is 11.5 Å². The van der Waals surface area contributed by atoms with Crippen molar-refractivity contribution < 1.29 is 4.92 Å². The van der Waals surface area contributed by atoms with E-state index in [1.165, 1.54) is 6.42 Å². The van der Waals surface area contributed by atoms with Gasteiger partial charge in [0.2, 0.25) is 0 Å². The van der Waals surface area contributed by atoms with Gasteiger partial charge in [0.25, 0.3) is 6.54 Å². The Bertz CT molecular complexity index is 533. The van der Waals surface area contributed by atoms with Crippen LogP contribution in [0.25, 0.3) is 0 Å². The van der Waals surface area contributed by atoms with Crippen LogP contribution < -0.4 is 0 Å². The second kappa shape index (κ2) is 8.08. The largest absolute Gasteiger partial charge is 0.350 e. The molecular formula is C15H21ClN4O2. The van der Waals surface area contributed by atoms with Crippen LogP contribution in [0.15, 0.2) is 23.3 Å². The van der Waals surface area contributed by atoms with Gasteiger partial charge < -0.3 is 4.90 Å². The third kappa shape index (κ3) is 4.94.